The molecule has 23 heavy (non-hydrogen) atoms. The third-order valence-corrected chi connectivity index (χ3v) is 4.41. The Bertz CT molecular complexity index is 611. The highest BCUT2D eigenvalue weighted by Gasteiger charge is 2.23. The third-order valence-electron chi connectivity index (χ3n) is 4.11. The Labute approximate surface area is 143 Å². The molecule has 3 nitrogen and oxygen atoms in total. The fourth-order valence-electron chi connectivity index (χ4n) is 2.86. The Hall–Kier alpha value is -1.91. The van der Waals surface area contributed by atoms with Crippen molar-refractivity contribution >= 4 is 12.6 Å². The predicted molar refractivity (Wildman–Crippen MR) is 99.4 cm³/mol. The summed E-state index contributed by atoms with van der Waals surface area (Å²) in [6, 6.07) is 19.1. The molecule has 0 radical (unpaired) electrons. The predicted octanol–water partition coefficient (Wildman–Crippen LogP) is 3.37. The largest absolute Gasteiger partial charge is 0.369 e. The number of hydrogen-bond donors (Lipinski definition) is 4. The summed E-state index contributed by atoms with van der Waals surface area (Å²) in [5.74, 6) is 0. The number of thiol groups is 1. The van der Waals surface area contributed by atoms with Crippen LogP contribution in [0, 0.1) is 0 Å². The fraction of sp³-hybridized carbons (Fsp3) is 0.263. The van der Waals surface area contributed by atoms with Gasteiger partial charge in [0.05, 0.1) is 0 Å². The molecule has 2 aromatic carbocycles. The molecule has 0 saturated carbocycles. The van der Waals surface area contributed by atoms with Crippen LogP contribution in [0.3, 0.4) is 0 Å². The van der Waals surface area contributed by atoms with Crippen LogP contribution in [-0.2, 0) is 0 Å². The van der Waals surface area contributed by atoms with Gasteiger partial charge in [-0.25, -0.2) is 0 Å². The molecule has 4 rings (SSSR count). The summed E-state index contributed by atoms with van der Waals surface area (Å²) in [6.45, 7) is 1.17. The van der Waals surface area contributed by atoms with Crippen molar-refractivity contribution in [2.24, 2.45) is 0 Å². The summed E-state index contributed by atoms with van der Waals surface area (Å²) in [5, 5.41) is 9.92. The fourth-order valence-corrected chi connectivity index (χ4v) is 3.01. The van der Waals surface area contributed by atoms with Gasteiger partial charge >= 0.3 is 0 Å². The summed E-state index contributed by atoms with van der Waals surface area (Å²) in [5.41, 5.74) is 2.48. The molecule has 2 aromatic rings. The van der Waals surface area contributed by atoms with E-state index < -0.39 is 0 Å². The molecule has 0 amide bonds. The van der Waals surface area contributed by atoms with E-state index in [1.54, 1.807) is 0 Å². The lowest BCUT2D eigenvalue weighted by Crippen LogP contribution is -2.47. The zero-order valence-electron chi connectivity index (χ0n) is 13.1. The first-order valence-corrected chi connectivity index (χ1v) is 8.52. The van der Waals surface area contributed by atoms with Gasteiger partial charge in [-0.2, -0.15) is 0 Å². The average Bonchev–Trinajstić information content (AvgIpc) is 3.30. The zero-order valence-corrected chi connectivity index (χ0v) is 14.0. The van der Waals surface area contributed by atoms with Crippen molar-refractivity contribution in [1.82, 2.24) is 16.0 Å². The Morgan fingerprint density at radius 3 is 2.09 bits per heavy atom. The lowest BCUT2D eigenvalue weighted by Gasteiger charge is -2.19. The lowest BCUT2D eigenvalue weighted by atomic mass is 10.1. The summed E-state index contributed by atoms with van der Waals surface area (Å²) < 4.78 is 0. The highest BCUT2D eigenvalue weighted by atomic mass is 32.1. The van der Waals surface area contributed by atoms with Crippen LogP contribution in [0.4, 0.5) is 0 Å². The third kappa shape index (κ3) is 4.53. The van der Waals surface area contributed by atoms with E-state index in [4.69, 9.17) is 0 Å². The standard InChI is InChI=1S/C12H10S.C7H13N3/c13-12-8-6-11(7-9-12)10-4-2-1-3-5-10;1-2-6(8-3-1)7-9-4-5-10-7/h1-9,13H;4-10H,1-3H2. The topological polar surface area (TPSA) is 36.1 Å². The van der Waals surface area contributed by atoms with Crippen LogP contribution in [0.5, 0.6) is 0 Å². The summed E-state index contributed by atoms with van der Waals surface area (Å²) >= 11 is 4.24. The molecule has 0 aromatic heterocycles. The quantitative estimate of drug-likeness (QED) is 0.640. The maximum atomic E-state index is 4.24. The van der Waals surface area contributed by atoms with Gasteiger partial charge in [0.15, 0.2) is 0 Å². The van der Waals surface area contributed by atoms with Crippen molar-refractivity contribution in [3.05, 3.63) is 67.0 Å². The molecule has 0 spiro atoms. The van der Waals surface area contributed by atoms with Gasteiger partial charge in [0.1, 0.15) is 6.17 Å². The van der Waals surface area contributed by atoms with Gasteiger partial charge in [0.2, 0.25) is 0 Å². The van der Waals surface area contributed by atoms with Crippen LogP contribution in [0.15, 0.2) is 71.9 Å². The number of hydrogen-bond acceptors (Lipinski definition) is 4. The van der Waals surface area contributed by atoms with Crippen molar-refractivity contribution < 1.29 is 0 Å². The van der Waals surface area contributed by atoms with E-state index in [0.717, 1.165) is 4.90 Å². The molecular formula is C19H23N3S. The first kappa shape index (κ1) is 16.0. The van der Waals surface area contributed by atoms with E-state index in [-0.39, 0.29) is 0 Å². The second-order valence-electron chi connectivity index (χ2n) is 5.76. The Balaban J connectivity index is 0.000000140. The smallest absolute Gasteiger partial charge is 0.111 e. The van der Waals surface area contributed by atoms with E-state index in [1.165, 1.54) is 30.5 Å². The Kier molecular flexibility index (Phi) is 5.61. The molecule has 1 fully saturated rings. The molecular weight excluding hydrogens is 302 g/mol. The van der Waals surface area contributed by atoms with Crippen LogP contribution in [0.2, 0.25) is 0 Å². The first-order chi connectivity index (χ1) is 11.3. The Morgan fingerprint density at radius 1 is 0.826 bits per heavy atom. The van der Waals surface area contributed by atoms with Gasteiger partial charge in [-0.1, -0.05) is 42.5 Å². The second-order valence-corrected chi connectivity index (χ2v) is 6.28. The second kappa shape index (κ2) is 8.09. The van der Waals surface area contributed by atoms with Gasteiger partial charge in [-0.05, 0) is 42.6 Å². The number of benzene rings is 2. The molecule has 120 valence electrons. The first-order valence-electron chi connectivity index (χ1n) is 8.08. The van der Waals surface area contributed by atoms with Crippen LogP contribution >= 0.6 is 12.6 Å². The minimum Gasteiger partial charge on any atom is -0.369 e. The molecule has 0 aliphatic carbocycles. The number of nitrogens with one attached hydrogen (secondary N) is 3. The maximum Gasteiger partial charge on any atom is 0.111 e. The van der Waals surface area contributed by atoms with E-state index in [1.807, 2.05) is 42.7 Å². The van der Waals surface area contributed by atoms with Crippen molar-refractivity contribution in [1.29, 1.82) is 0 Å². The molecule has 0 bridgehead atoms. The van der Waals surface area contributed by atoms with Gasteiger partial charge < -0.3 is 16.0 Å². The van der Waals surface area contributed by atoms with Crippen molar-refractivity contribution in [3.63, 3.8) is 0 Å². The van der Waals surface area contributed by atoms with E-state index in [9.17, 15) is 0 Å². The minimum atomic E-state index is 0.433. The molecule has 4 heteroatoms. The van der Waals surface area contributed by atoms with Crippen LogP contribution < -0.4 is 16.0 Å². The molecule has 2 aliphatic heterocycles. The lowest BCUT2D eigenvalue weighted by molar-refractivity contribution is 0.426. The monoisotopic (exact) mass is 325 g/mol. The highest BCUT2D eigenvalue weighted by Crippen LogP contribution is 2.19. The van der Waals surface area contributed by atoms with Gasteiger partial charge in [-0.15, -0.1) is 12.6 Å². The normalized spacial score (nSPS) is 19.6. The molecule has 2 heterocycles. The van der Waals surface area contributed by atoms with E-state index in [0.29, 0.717) is 12.2 Å². The highest BCUT2D eigenvalue weighted by molar-refractivity contribution is 7.80. The van der Waals surface area contributed by atoms with Crippen LogP contribution in [0.1, 0.15) is 12.8 Å². The summed E-state index contributed by atoms with van der Waals surface area (Å²) in [7, 11) is 0. The summed E-state index contributed by atoms with van der Waals surface area (Å²) in [6.07, 6.45) is 6.95. The Morgan fingerprint density at radius 2 is 1.48 bits per heavy atom. The minimum absolute atomic E-state index is 0.433. The van der Waals surface area contributed by atoms with Crippen LogP contribution in [-0.4, -0.2) is 18.8 Å². The van der Waals surface area contributed by atoms with E-state index >= 15 is 0 Å². The molecule has 1 saturated heterocycles. The van der Waals surface area contributed by atoms with Crippen molar-refractivity contribution in [2.45, 2.75) is 29.9 Å². The number of rotatable bonds is 2. The van der Waals surface area contributed by atoms with Crippen molar-refractivity contribution in [3.8, 4) is 11.1 Å². The molecule has 1 atom stereocenters. The SMILES string of the molecule is C1=CNC(C2CCCN2)N1.Sc1ccc(-c2ccccc2)cc1. The van der Waals surface area contributed by atoms with Crippen LogP contribution in [0.25, 0.3) is 11.1 Å². The summed E-state index contributed by atoms with van der Waals surface area (Å²) in [4.78, 5) is 1.000. The van der Waals surface area contributed by atoms with E-state index in [2.05, 4.69) is 52.8 Å². The zero-order chi connectivity index (χ0) is 15.9. The molecule has 3 N–H and O–H groups in total. The van der Waals surface area contributed by atoms with Gasteiger partial charge in [-0.3, -0.25) is 0 Å². The van der Waals surface area contributed by atoms with Gasteiger partial charge in [0.25, 0.3) is 0 Å². The van der Waals surface area contributed by atoms with Crippen molar-refractivity contribution in [2.75, 3.05) is 6.54 Å². The van der Waals surface area contributed by atoms with Gasteiger partial charge in [0, 0.05) is 23.3 Å². The maximum absolute atomic E-state index is 4.24. The molecule has 1 unspecified atom stereocenters. The molecule has 2 aliphatic rings. The average molecular weight is 325 g/mol.